The summed E-state index contributed by atoms with van der Waals surface area (Å²) in [5.74, 6) is -0.444. The Labute approximate surface area is 131 Å². The molecule has 0 N–H and O–H groups in total. The second kappa shape index (κ2) is 5.13. The van der Waals surface area contributed by atoms with E-state index in [0.29, 0.717) is 27.0 Å². The van der Waals surface area contributed by atoms with Gasteiger partial charge in [-0.15, -0.1) is 4.91 Å². The molecule has 21 heavy (non-hydrogen) atoms. The highest BCUT2D eigenvalue weighted by molar-refractivity contribution is 6.41. The van der Waals surface area contributed by atoms with E-state index in [1.165, 1.54) is 4.90 Å². The third kappa shape index (κ3) is 2.03. The zero-order valence-electron chi connectivity index (χ0n) is 11.0. The molecule has 0 saturated carbocycles. The van der Waals surface area contributed by atoms with Gasteiger partial charge in [-0.3, -0.25) is 9.69 Å². The van der Waals surface area contributed by atoms with Crippen LogP contribution < -0.4 is 4.90 Å². The highest BCUT2D eigenvalue weighted by atomic mass is 35.5. The molecular weight excluding hydrogens is 311 g/mol. The topological polar surface area (TPSA) is 49.7 Å². The normalized spacial score (nSPS) is 17.0. The third-order valence-corrected chi connectivity index (χ3v) is 4.30. The summed E-state index contributed by atoms with van der Waals surface area (Å²) >= 11 is 12.5. The molecule has 6 heteroatoms. The molecule has 1 aliphatic rings. The van der Waals surface area contributed by atoms with Gasteiger partial charge in [-0.05, 0) is 24.6 Å². The molecule has 4 nitrogen and oxygen atoms in total. The van der Waals surface area contributed by atoms with Gasteiger partial charge in [0.1, 0.15) is 0 Å². The van der Waals surface area contributed by atoms with E-state index in [2.05, 4.69) is 5.18 Å². The van der Waals surface area contributed by atoms with Crippen LogP contribution in [0.1, 0.15) is 17.2 Å². The Balaban J connectivity index is 2.27. The van der Waals surface area contributed by atoms with Crippen LogP contribution in [0.4, 0.5) is 11.4 Å². The maximum atomic E-state index is 12.5. The number of nitrogens with zero attached hydrogens (tertiary/aromatic N) is 2. The molecule has 1 atom stereocenters. The number of aryl methyl sites for hydroxylation is 1. The van der Waals surface area contributed by atoms with Crippen LogP contribution in [-0.2, 0) is 4.79 Å². The number of fused-ring (bicyclic) bond motifs is 1. The van der Waals surface area contributed by atoms with Crippen molar-refractivity contribution in [2.45, 2.75) is 13.0 Å². The lowest BCUT2D eigenvalue weighted by molar-refractivity contribution is -0.118. The Morgan fingerprint density at radius 3 is 2.57 bits per heavy atom. The Kier molecular flexibility index (Phi) is 3.43. The zero-order chi connectivity index (χ0) is 15.1. The number of anilines is 2. The summed E-state index contributed by atoms with van der Waals surface area (Å²) in [5.41, 5.74) is 2.33. The van der Waals surface area contributed by atoms with Crippen molar-refractivity contribution in [2.75, 3.05) is 4.90 Å². The van der Waals surface area contributed by atoms with Gasteiger partial charge in [0.05, 0.1) is 21.4 Å². The predicted octanol–water partition coefficient (Wildman–Crippen LogP) is 4.79. The molecule has 1 heterocycles. The standard InChI is InChI=1S/C15H10Cl2N2O2/c1-8-6-7-10(16)14(12(8)17)19-11-5-3-2-4-9(11)13(18-21)15(19)20/h2-7,13H,1H3. The van der Waals surface area contributed by atoms with Crippen LogP contribution in [-0.4, -0.2) is 5.91 Å². The van der Waals surface area contributed by atoms with Crippen molar-refractivity contribution in [3.63, 3.8) is 0 Å². The SMILES string of the molecule is Cc1ccc(Cl)c(N2C(=O)C(N=O)c3ccccc32)c1Cl. The van der Waals surface area contributed by atoms with Gasteiger partial charge >= 0.3 is 0 Å². The van der Waals surface area contributed by atoms with Crippen LogP contribution in [0.2, 0.25) is 10.0 Å². The fourth-order valence-corrected chi connectivity index (χ4v) is 3.02. The number of amides is 1. The summed E-state index contributed by atoms with van der Waals surface area (Å²) in [6.45, 7) is 1.82. The first-order chi connectivity index (χ1) is 10.1. The summed E-state index contributed by atoms with van der Waals surface area (Å²) in [7, 11) is 0. The van der Waals surface area contributed by atoms with Crippen LogP contribution in [0.3, 0.4) is 0 Å². The second-order valence-corrected chi connectivity index (χ2v) is 5.55. The number of hydrogen-bond acceptors (Lipinski definition) is 3. The summed E-state index contributed by atoms with van der Waals surface area (Å²) in [6, 6.07) is 9.38. The Bertz CT molecular complexity index is 761. The van der Waals surface area contributed by atoms with Crippen LogP contribution >= 0.6 is 23.2 Å². The minimum absolute atomic E-state index is 0.348. The number of rotatable bonds is 2. The molecule has 1 amide bonds. The lowest BCUT2D eigenvalue weighted by Gasteiger charge is -2.21. The molecule has 0 fully saturated rings. The van der Waals surface area contributed by atoms with Crippen molar-refractivity contribution in [3.8, 4) is 0 Å². The number of para-hydroxylation sites is 1. The maximum absolute atomic E-state index is 12.5. The molecule has 0 saturated heterocycles. The first-order valence-electron chi connectivity index (χ1n) is 6.26. The summed E-state index contributed by atoms with van der Waals surface area (Å²) < 4.78 is 0. The lowest BCUT2D eigenvalue weighted by atomic mass is 10.1. The van der Waals surface area contributed by atoms with Gasteiger partial charge in [-0.1, -0.05) is 52.6 Å². The Hall–Kier alpha value is -1.91. The van der Waals surface area contributed by atoms with Gasteiger partial charge in [0.15, 0.2) is 6.04 Å². The van der Waals surface area contributed by atoms with E-state index in [4.69, 9.17) is 23.2 Å². The maximum Gasteiger partial charge on any atom is 0.264 e. The highest BCUT2D eigenvalue weighted by Crippen LogP contribution is 2.47. The summed E-state index contributed by atoms with van der Waals surface area (Å²) in [5, 5.41) is 3.67. The van der Waals surface area contributed by atoms with E-state index in [0.717, 1.165) is 5.56 Å². The minimum atomic E-state index is -1.06. The van der Waals surface area contributed by atoms with Crippen LogP contribution in [0.25, 0.3) is 0 Å². The number of benzene rings is 2. The van der Waals surface area contributed by atoms with Gasteiger partial charge in [-0.2, -0.15) is 0 Å². The van der Waals surface area contributed by atoms with Gasteiger partial charge in [0.25, 0.3) is 5.91 Å². The van der Waals surface area contributed by atoms with Gasteiger partial charge in [-0.25, -0.2) is 0 Å². The molecule has 2 aromatic rings. The zero-order valence-corrected chi connectivity index (χ0v) is 12.5. The number of hydrogen-bond donors (Lipinski definition) is 0. The highest BCUT2D eigenvalue weighted by Gasteiger charge is 2.40. The van der Waals surface area contributed by atoms with Crippen LogP contribution in [0.5, 0.6) is 0 Å². The van der Waals surface area contributed by atoms with Gasteiger partial charge in [0.2, 0.25) is 0 Å². The molecule has 0 aromatic heterocycles. The Morgan fingerprint density at radius 1 is 1.14 bits per heavy atom. The number of carbonyl (C=O) groups is 1. The van der Waals surface area contributed by atoms with Crippen molar-refractivity contribution >= 4 is 40.5 Å². The van der Waals surface area contributed by atoms with Crippen molar-refractivity contribution in [1.82, 2.24) is 0 Å². The molecule has 0 spiro atoms. The van der Waals surface area contributed by atoms with Crippen LogP contribution in [0, 0.1) is 11.8 Å². The number of nitroso groups, excluding NO2 is 1. The van der Waals surface area contributed by atoms with Crippen molar-refractivity contribution in [2.24, 2.45) is 5.18 Å². The fraction of sp³-hybridized carbons (Fsp3) is 0.133. The van der Waals surface area contributed by atoms with Crippen LogP contribution in [0.15, 0.2) is 41.6 Å². The van der Waals surface area contributed by atoms with E-state index in [-0.39, 0.29) is 0 Å². The predicted molar refractivity (Wildman–Crippen MR) is 83.3 cm³/mol. The molecule has 3 rings (SSSR count). The average Bonchev–Trinajstić information content (AvgIpc) is 2.76. The molecule has 1 unspecified atom stereocenters. The fourth-order valence-electron chi connectivity index (χ4n) is 2.48. The second-order valence-electron chi connectivity index (χ2n) is 4.77. The van der Waals surface area contributed by atoms with E-state index in [1.54, 1.807) is 36.4 Å². The lowest BCUT2D eigenvalue weighted by Crippen LogP contribution is -2.23. The molecule has 0 bridgehead atoms. The smallest absolute Gasteiger partial charge is 0.264 e. The third-order valence-electron chi connectivity index (χ3n) is 3.52. The van der Waals surface area contributed by atoms with Crippen molar-refractivity contribution in [1.29, 1.82) is 0 Å². The summed E-state index contributed by atoms with van der Waals surface area (Å²) in [4.78, 5) is 24.9. The first kappa shape index (κ1) is 14.0. The van der Waals surface area contributed by atoms with E-state index < -0.39 is 11.9 Å². The molecular formula is C15H10Cl2N2O2. The Morgan fingerprint density at radius 2 is 1.86 bits per heavy atom. The van der Waals surface area contributed by atoms with Gasteiger partial charge in [0, 0.05) is 5.56 Å². The molecule has 106 valence electrons. The number of halogens is 2. The minimum Gasteiger partial charge on any atom is -0.275 e. The molecule has 2 aromatic carbocycles. The largest absolute Gasteiger partial charge is 0.275 e. The monoisotopic (exact) mass is 320 g/mol. The van der Waals surface area contributed by atoms with Gasteiger partial charge < -0.3 is 0 Å². The summed E-state index contributed by atoms with van der Waals surface area (Å²) in [6.07, 6.45) is 0. The van der Waals surface area contributed by atoms with E-state index in [1.807, 2.05) is 6.92 Å². The molecule has 1 aliphatic heterocycles. The van der Waals surface area contributed by atoms with E-state index >= 15 is 0 Å². The number of carbonyl (C=O) groups excluding carboxylic acids is 1. The quantitative estimate of drug-likeness (QED) is 0.747. The average molecular weight is 321 g/mol. The first-order valence-corrected chi connectivity index (χ1v) is 7.01. The molecule has 0 radical (unpaired) electrons. The molecule has 0 aliphatic carbocycles. The van der Waals surface area contributed by atoms with Crippen molar-refractivity contribution < 1.29 is 4.79 Å². The van der Waals surface area contributed by atoms with E-state index in [9.17, 15) is 9.70 Å². The van der Waals surface area contributed by atoms with Crippen molar-refractivity contribution in [3.05, 3.63) is 62.5 Å².